The lowest BCUT2D eigenvalue weighted by Crippen LogP contribution is -2.43. The molecule has 2 aromatic carbocycles. The number of hydrogen-bond donors (Lipinski definition) is 0. The minimum absolute atomic E-state index is 0.468. The fourth-order valence-corrected chi connectivity index (χ4v) is 5.94. The Bertz CT molecular complexity index is 1560. The molecule has 0 N–H and O–H groups in total. The van der Waals surface area contributed by atoms with Gasteiger partial charge in [-0.25, -0.2) is 0 Å². The van der Waals surface area contributed by atoms with Crippen molar-refractivity contribution in [2.45, 2.75) is 25.4 Å². The normalized spacial score (nSPS) is 13.5. The zero-order chi connectivity index (χ0) is 31.9. The van der Waals surface area contributed by atoms with E-state index < -0.39 is 0 Å². The second kappa shape index (κ2) is 14.4. The van der Waals surface area contributed by atoms with Crippen molar-refractivity contribution in [2.24, 2.45) is 0 Å². The molecule has 45 heavy (non-hydrogen) atoms. The number of anilines is 1. The number of rotatable bonds is 12. The van der Waals surface area contributed by atoms with Gasteiger partial charge in [-0.2, -0.15) is 0 Å². The van der Waals surface area contributed by atoms with E-state index in [1.54, 1.807) is 42.7 Å². The Morgan fingerprint density at radius 2 is 1.11 bits per heavy atom. The first-order valence-corrected chi connectivity index (χ1v) is 14.9. The average Bonchev–Trinajstić information content (AvgIpc) is 3.10. The third-order valence-electron chi connectivity index (χ3n) is 8.37. The summed E-state index contributed by atoms with van der Waals surface area (Å²) in [4.78, 5) is 14.2. The first-order valence-electron chi connectivity index (χ1n) is 14.9. The summed E-state index contributed by atoms with van der Waals surface area (Å²) in [6.45, 7) is 2.74. The summed E-state index contributed by atoms with van der Waals surface area (Å²) in [5, 5.41) is 0. The van der Waals surface area contributed by atoms with Crippen LogP contribution < -0.4 is 33.3 Å². The topological polar surface area (TPSA) is 87.6 Å². The summed E-state index contributed by atoms with van der Waals surface area (Å²) >= 11 is 0. The minimum atomic E-state index is 0.468. The van der Waals surface area contributed by atoms with Crippen LogP contribution in [0.2, 0.25) is 0 Å². The highest BCUT2D eigenvalue weighted by Crippen LogP contribution is 2.42. The van der Waals surface area contributed by atoms with Crippen LogP contribution in [0.4, 0.5) is 5.69 Å². The van der Waals surface area contributed by atoms with Gasteiger partial charge in [-0.15, -0.1) is 0 Å². The highest BCUT2D eigenvalue weighted by molar-refractivity contribution is 5.71. The summed E-state index contributed by atoms with van der Waals surface area (Å²) in [5.41, 5.74) is 5.87. The van der Waals surface area contributed by atoms with Crippen LogP contribution in [0.1, 0.15) is 18.4 Å². The van der Waals surface area contributed by atoms with Gasteiger partial charge in [0.25, 0.3) is 0 Å². The molecule has 0 atom stereocenters. The molecule has 0 spiro atoms. The zero-order valence-electron chi connectivity index (χ0n) is 27.1. The largest absolute Gasteiger partial charge is 0.493 e. The van der Waals surface area contributed by atoms with Crippen LogP contribution in [0.3, 0.4) is 0 Å². The number of piperidine rings is 1. The first-order chi connectivity index (χ1) is 21.9. The van der Waals surface area contributed by atoms with E-state index in [9.17, 15) is 0 Å². The van der Waals surface area contributed by atoms with E-state index in [4.69, 9.17) is 28.4 Å². The summed E-state index contributed by atoms with van der Waals surface area (Å²) in [6.07, 6.45) is 5.84. The van der Waals surface area contributed by atoms with E-state index in [0.29, 0.717) is 40.5 Å². The maximum absolute atomic E-state index is 5.55. The summed E-state index contributed by atoms with van der Waals surface area (Å²) < 4.78 is 33.2. The van der Waals surface area contributed by atoms with Crippen molar-refractivity contribution >= 4 is 5.69 Å². The molecule has 1 aliphatic rings. The third-order valence-corrected chi connectivity index (χ3v) is 8.37. The van der Waals surface area contributed by atoms with E-state index in [2.05, 4.69) is 51.1 Å². The second-order valence-electron chi connectivity index (χ2n) is 10.9. The van der Waals surface area contributed by atoms with Gasteiger partial charge in [0.1, 0.15) is 0 Å². The van der Waals surface area contributed by atoms with Crippen molar-refractivity contribution in [2.75, 3.05) is 67.7 Å². The first kappa shape index (κ1) is 31.7. The molecule has 0 amide bonds. The molecule has 10 heteroatoms. The van der Waals surface area contributed by atoms with Crippen molar-refractivity contribution in [3.05, 3.63) is 66.5 Å². The molecule has 2 aromatic heterocycles. The molecule has 0 bridgehead atoms. The maximum atomic E-state index is 5.55. The SMILES string of the molecule is COc1cc(-c2cc(CN(C)C3CCN(c4ccnc(-c5cc(OC)c(OC)c(OC)c5)c4)CC3)ccn2)cc(OC)c1OC. The lowest BCUT2D eigenvalue weighted by Gasteiger charge is -2.38. The van der Waals surface area contributed by atoms with Crippen molar-refractivity contribution < 1.29 is 28.4 Å². The molecule has 4 aromatic rings. The van der Waals surface area contributed by atoms with Gasteiger partial charge >= 0.3 is 0 Å². The lowest BCUT2D eigenvalue weighted by atomic mass is 10.0. The molecule has 0 saturated carbocycles. The van der Waals surface area contributed by atoms with Gasteiger partial charge in [-0.05, 0) is 74.0 Å². The van der Waals surface area contributed by atoms with E-state index in [-0.39, 0.29) is 0 Å². The smallest absolute Gasteiger partial charge is 0.203 e. The molecule has 0 unspecified atom stereocenters. The average molecular weight is 615 g/mol. The predicted molar refractivity (Wildman–Crippen MR) is 175 cm³/mol. The molecule has 1 aliphatic heterocycles. The van der Waals surface area contributed by atoms with Crippen LogP contribution in [0.15, 0.2) is 60.9 Å². The quantitative estimate of drug-likeness (QED) is 0.190. The number of pyridine rings is 2. The molecule has 0 radical (unpaired) electrons. The highest BCUT2D eigenvalue weighted by Gasteiger charge is 2.24. The Hall–Kier alpha value is -4.70. The summed E-state index contributed by atoms with van der Waals surface area (Å²) in [7, 11) is 11.9. The molecule has 1 fully saturated rings. The van der Waals surface area contributed by atoms with E-state index in [0.717, 1.165) is 60.7 Å². The third kappa shape index (κ3) is 6.86. The van der Waals surface area contributed by atoms with Crippen LogP contribution in [-0.4, -0.2) is 83.7 Å². The number of hydrogen-bond acceptors (Lipinski definition) is 10. The fourth-order valence-electron chi connectivity index (χ4n) is 5.94. The van der Waals surface area contributed by atoms with Gasteiger partial charge in [0.15, 0.2) is 23.0 Å². The van der Waals surface area contributed by atoms with E-state index in [1.165, 1.54) is 5.56 Å². The molecule has 5 rings (SSSR count). The van der Waals surface area contributed by atoms with Crippen molar-refractivity contribution in [3.63, 3.8) is 0 Å². The Labute approximate surface area is 265 Å². The Morgan fingerprint density at radius 1 is 0.644 bits per heavy atom. The Morgan fingerprint density at radius 3 is 1.58 bits per heavy atom. The van der Waals surface area contributed by atoms with Crippen LogP contribution in [-0.2, 0) is 6.54 Å². The van der Waals surface area contributed by atoms with Gasteiger partial charge in [-0.1, -0.05) is 0 Å². The van der Waals surface area contributed by atoms with Crippen LogP contribution >= 0.6 is 0 Å². The van der Waals surface area contributed by atoms with E-state index in [1.807, 2.05) is 36.7 Å². The minimum Gasteiger partial charge on any atom is -0.493 e. The molecular formula is C35H42N4O6. The van der Waals surface area contributed by atoms with Crippen LogP contribution in [0.25, 0.3) is 22.5 Å². The van der Waals surface area contributed by atoms with Gasteiger partial charge < -0.3 is 33.3 Å². The summed E-state index contributed by atoms with van der Waals surface area (Å²) in [6, 6.07) is 16.6. The molecule has 1 saturated heterocycles. The molecule has 238 valence electrons. The van der Waals surface area contributed by atoms with Crippen molar-refractivity contribution in [3.8, 4) is 57.0 Å². The molecule has 3 heterocycles. The number of nitrogens with zero attached hydrogens (tertiary/aromatic N) is 4. The Balaban J connectivity index is 1.25. The predicted octanol–water partition coefficient (Wildman–Crippen LogP) is 5.96. The van der Waals surface area contributed by atoms with Crippen molar-refractivity contribution in [1.82, 2.24) is 14.9 Å². The number of benzene rings is 2. The number of ether oxygens (including phenoxy) is 6. The zero-order valence-corrected chi connectivity index (χ0v) is 27.1. The van der Waals surface area contributed by atoms with Gasteiger partial charge in [0.2, 0.25) is 11.5 Å². The maximum Gasteiger partial charge on any atom is 0.203 e. The monoisotopic (exact) mass is 614 g/mol. The Kier molecular flexibility index (Phi) is 10.1. The number of aromatic nitrogens is 2. The summed E-state index contributed by atoms with van der Waals surface area (Å²) in [5.74, 6) is 3.55. The highest BCUT2D eigenvalue weighted by atomic mass is 16.5. The van der Waals surface area contributed by atoms with Gasteiger partial charge in [0, 0.05) is 54.9 Å². The fraction of sp³-hybridized carbons (Fsp3) is 0.371. The van der Waals surface area contributed by atoms with Crippen LogP contribution in [0.5, 0.6) is 34.5 Å². The van der Waals surface area contributed by atoms with Gasteiger partial charge in [0.05, 0.1) is 54.0 Å². The number of methoxy groups -OCH3 is 6. The van der Waals surface area contributed by atoms with Gasteiger partial charge in [-0.3, -0.25) is 14.9 Å². The standard InChI is InChI=1S/C35H42N4O6/c1-38(22-23-8-12-36-28(16-23)24-17-30(40-2)34(44-6)31(18-24)41-3)26-10-14-39(15-11-26)27-9-13-37-29(21-27)25-19-32(42-4)35(45-7)33(20-25)43-5/h8-9,12-13,16-21,26H,10-11,14-15,22H2,1-7H3. The molecular weight excluding hydrogens is 572 g/mol. The molecule has 10 nitrogen and oxygen atoms in total. The molecule has 0 aliphatic carbocycles. The lowest BCUT2D eigenvalue weighted by molar-refractivity contribution is 0.200. The van der Waals surface area contributed by atoms with Crippen LogP contribution in [0, 0.1) is 0 Å². The second-order valence-corrected chi connectivity index (χ2v) is 10.9. The van der Waals surface area contributed by atoms with Crippen molar-refractivity contribution in [1.29, 1.82) is 0 Å². The van der Waals surface area contributed by atoms with E-state index >= 15 is 0 Å².